The Morgan fingerprint density at radius 3 is 2.41 bits per heavy atom. The summed E-state index contributed by atoms with van der Waals surface area (Å²) in [7, 11) is 5.61. The molecule has 0 atom stereocenters. The van der Waals surface area contributed by atoms with Gasteiger partial charge in [0.05, 0.1) is 19.8 Å². The summed E-state index contributed by atoms with van der Waals surface area (Å²) in [5.41, 5.74) is 3.04. The average Bonchev–Trinajstić information content (AvgIpc) is 3.48. The summed E-state index contributed by atoms with van der Waals surface area (Å²) < 4.78 is 11.9. The number of hydrogen-bond donors (Lipinski definition) is 1. The predicted molar refractivity (Wildman–Crippen MR) is 123 cm³/mol. The molecule has 0 spiro atoms. The van der Waals surface area contributed by atoms with Crippen LogP contribution >= 0.6 is 0 Å². The Bertz CT molecular complexity index is 1160. The topological polar surface area (TPSA) is 85.4 Å². The normalized spacial score (nSPS) is 10.7. The predicted octanol–water partition coefficient (Wildman–Crippen LogP) is 4.11. The third kappa shape index (κ3) is 4.80. The Labute approximate surface area is 186 Å². The lowest BCUT2D eigenvalue weighted by Gasteiger charge is -2.13. The molecule has 2 aromatic carbocycles. The molecule has 0 unspecified atom stereocenters. The van der Waals surface area contributed by atoms with Crippen LogP contribution in [0.3, 0.4) is 0 Å². The number of rotatable bonds is 8. The first kappa shape index (κ1) is 21.2. The minimum absolute atomic E-state index is 0.178. The summed E-state index contributed by atoms with van der Waals surface area (Å²) in [4.78, 5) is 19.6. The number of furan rings is 1. The van der Waals surface area contributed by atoms with Crippen LogP contribution in [-0.2, 0) is 13.0 Å². The van der Waals surface area contributed by atoms with Gasteiger partial charge in [-0.2, -0.15) is 9.67 Å². The lowest BCUT2D eigenvalue weighted by molar-refractivity contribution is 0.0901. The van der Waals surface area contributed by atoms with Gasteiger partial charge in [-0.15, -0.1) is 5.10 Å². The van der Waals surface area contributed by atoms with E-state index in [0.717, 1.165) is 22.6 Å². The number of nitrogens with zero attached hydrogens (tertiary/aromatic N) is 4. The summed E-state index contributed by atoms with van der Waals surface area (Å²) in [6.45, 7) is 0.500. The second kappa shape index (κ2) is 9.38. The Balaban J connectivity index is 1.55. The van der Waals surface area contributed by atoms with Crippen molar-refractivity contribution in [2.45, 2.75) is 13.0 Å². The monoisotopic (exact) mass is 431 g/mol. The van der Waals surface area contributed by atoms with Crippen LogP contribution in [0.15, 0.2) is 71.3 Å². The highest BCUT2D eigenvalue weighted by molar-refractivity contribution is 5.83. The number of carbonyl (C=O) groups is 1. The van der Waals surface area contributed by atoms with Gasteiger partial charge in [-0.25, -0.2) is 0 Å². The highest BCUT2D eigenvalue weighted by Gasteiger charge is 2.19. The van der Waals surface area contributed by atoms with Gasteiger partial charge in [-0.1, -0.05) is 24.3 Å². The third-order valence-corrected chi connectivity index (χ3v) is 5.00. The fourth-order valence-electron chi connectivity index (χ4n) is 3.20. The maximum absolute atomic E-state index is 13.1. The van der Waals surface area contributed by atoms with E-state index in [2.05, 4.69) is 15.4 Å². The molecule has 164 valence electrons. The van der Waals surface area contributed by atoms with Crippen molar-refractivity contribution in [3.8, 4) is 17.3 Å². The molecule has 4 rings (SSSR count). The molecule has 0 aliphatic carbocycles. The SMILES string of the molecule is COc1ccc(CC(=O)n2nc(-c3ccco3)nc2NCc2ccc(N(C)C)cc2)cc1. The first-order chi connectivity index (χ1) is 15.5. The van der Waals surface area contributed by atoms with E-state index in [1.807, 2.05) is 67.5 Å². The average molecular weight is 431 g/mol. The van der Waals surface area contributed by atoms with Crippen LogP contribution in [0.5, 0.6) is 5.75 Å². The maximum Gasteiger partial charge on any atom is 0.254 e. The molecule has 0 saturated carbocycles. The van der Waals surface area contributed by atoms with Gasteiger partial charge in [0, 0.05) is 26.3 Å². The van der Waals surface area contributed by atoms with Crippen LogP contribution in [0, 0.1) is 0 Å². The Morgan fingerprint density at radius 1 is 1.06 bits per heavy atom. The number of carbonyl (C=O) groups excluding carboxylic acids is 1. The van der Waals surface area contributed by atoms with E-state index < -0.39 is 0 Å². The van der Waals surface area contributed by atoms with Crippen molar-refractivity contribution >= 4 is 17.5 Å². The smallest absolute Gasteiger partial charge is 0.254 e. The van der Waals surface area contributed by atoms with Gasteiger partial charge in [0.2, 0.25) is 11.8 Å². The van der Waals surface area contributed by atoms with Gasteiger partial charge in [-0.3, -0.25) is 4.79 Å². The second-order valence-electron chi connectivity index (χ2n) is 7.48. The molecule has 0 saturated heterocycles. The standard InChI is InChI=1S/C24H25N5O3/c1-28(2)19-10-6-18(7-11-19)16-25-24-26-23(21-5-4-14-32-21)27-29(24)22(30)15-17-8-12-20(31-3)13-9-17/h4-14H,15-16H2,1-3H3,(H,25,26,27). The number of benzene rings is 2. The van der Waals surface area contributed by atoms with E-state index >= 15 is 0 Å². The number of anilines is 2. The van der Waals surface area contributed by atoms with Crippen LogP contribution in [0.25, 0.3) is 11.6 Å². The van der Waals surface area contributed by atoms with Crippen molar-refractivity contribution in [3.63, 3.8) is 0 Å². The molecule has 2 heterocycles. The molecule has 0 fully saturated rings. The number of aromatic nitrogens is 3. The van der Waals surface area contributed by atoms with E-state index in [9.17, 15) is 4.79 Å². The molecular weight excluding hydrogens is 406 g/mol. The van der Waals surface area contributed by atoms with E-state index in [1.165, 1.54) is 4.68 Å². The van der Waals surface area contributed by atoms with Crippen molar-refractivity contribution in [3.05, 3.63) is 78.1 Å². The van der Waals surface area contributed by atoms with Crippen LogP contribution in [0.2, 0.25) is 0 Å². The summed E-state index contributed by atoms with van der Waals surface area (Å²) >= 11 is 0. The molecule has 2 aromatic heterocycles. The number of ether oxygens (including phenoxy) is 1. The molecule has 0 bridgehead atoms. The molecule has 4 aromatic rings. The van der Waals surface area contributed by atoms with Crippen molar-refractivity contribution in [1.29, 1.82) is 0 Å². The van der Waals surface area contributed by atoms with Crippen LogP contribution in [-0.4, -0.2) is 41.9 Å². The maximum atomic E-state index is 13.1. The van der Waals surface area contributed by atoms with Crippen LogP contribution in [0.4, 0.5) is 11.6 Å². The fourth-order valence-corrected chi connectivity index (χ4v) is 3.20. The number of methoxy groups -OCH3 is 1. The van der Waals surface area contributed by atoms with Gasteiger partial charge >= 0.3 is 0 Å². The molecule has 8 heteroatoms. The first-order valence-electron chi connectivity index (χ1n) is 10.2. The van der Waals surface area contributed by atoms with Crippen molar-refractivity contribution in [2.24, 2.45) is 0 Å². The lowest BCUT2D eigenvalue weighted by Crippen LogP contribution is -2.18. The molecule has 32 heavy (non-hydrogen) atoms. The molecular formula is C24H25N5O3. The van der Waals surface area contributed by atoms with Gasteiger partial charge in [-0.05, 0) is 47.5 Å². The van der Waals surface area contributed by atoms with Crippen molar-refractivity contribution in [2.75, 3.05) is 31.4 Å². The zero-order valence-corrected chi connectivity index (χ0v) is 18.3. The quantitative estimate of drug-likeness (QED) is 0.449. The highest BCUT2D eigenvalue weighted by Crippen LogP contribution is 2.20. The van der Waals surface area contributed by atoms with Gasteiger partial charge in [0.1, 0.15) is 5.75 Å². The molecule has 8 nitrogen and oxygen atoms in total. The summed E-state index contributed by atoms with van der Waals surface area (Å²) in [6.07, 6.45) is 1.73. The van der Waals surface area contributed by atoms with Crippen LogP contribution in [0.1, 0.15) is 15.9 Å². The number of nitrogens with one attached hydrogen (secondary N) is 1. The minimum Gasteiger partial charge on any atom is -0.497 e. The summed E-state index contributed by atoms with van der Waals surface area (Å²) in [5.74, 6) is 1.75. The van der Waals surface area contributed by atoms with E-state index in [0.29, 0.717) is 24.1 Å². The largest absolute Gasteiger partial charge is 0.497 e. The molecule has 0 radical (unpaired) electrons. The molecule has 0 amide bonds. The minimum atomic E-state index is -0.203. The fraction of sp³-hybridized carbons (Fsp3) is 0.208. The summed E-state index contributed by atoms with van der Waals surface area (Å²) in [6, 6.07) is 19.1. The van der Waals surface area contributed by atoms with Gasteiger partial charge in [0.15, 0.2) is 5.76 Å². The first-order valence-corrected chi connectivity index (χ1v) is 10.2. The Kier molecular flexibility index (Phi) is 6.21. The Hall–Kier alpha value is -4.07. The van der Waals surface area contributed by atoms with Gasteiger partial charge in [0.25, 0.3) is 5.91 Å². The zero-order valence-electron chi connectivity index (χ0n) is 18.3. The van der Waals surface area contributed by atoms with Gasteiger partial charge < -0.3 is 19.4 Å². The molecule has 0 aliphatic rings. The third-order valence-electron chi connectivity index (χ3n) is 5.00. The van der Waals surface area contributed by atoms with Crippen molar-refractivity contribution < 1.29 is 13.9 Å². The number of hydrogen-bond acceptors (Lipinski definition) is 7. The van der Waals surface area contributed by atoms with Crippen molar-refractivity contribution in [1.82, 2.24) is 14.8 Å². The van der Waals surface area contributed by atoms with Crippen LogP contribution < -0.4 is 15.0 Å². The molecule has 0 aliphatic heterocycles. The second-order valence-corrected chi connectivity index (χ2v) is 7.48. The Morgan fingerprint density at radius 2 is 1.78 bits per heavy atom. The van der Waals surface area contributed by atoms with E-state index in [1.54, 1.807) is 25.5 Å². The van der Waals surface area contributed by atoms with E-state index in [4.69, 9.17) is 9.15 Å². The molecule has 1 N–H and O–H groups in total. The summed E-state index contributed by atoms with van der Waals surface area (Å²) in [5, 5.41) is 7.64. The lowest BCUT2D eigenvalue weighted by atomic mass is 10.1. The highest BCUT2D eigenvalue weighted by atomic mass is 16.5. The van der Waals surface area contributed by atoms with E-state index in [-0.39, 0.29) is 12.3 Å². The zero-order chi connectivity index (χ0) is 22.5.